The van der Waals surface area contributed by atoms with Crippen molar-refractivity contribution in [2.45, 2.75) is 31.6 Å². The van der Waals surface area contributed by atoms with Gasteiger partial charge in [0.15, 0.2) is 0 Å². The summed E-state index contributed by atoms with van der Waals surface area (Å²) in [5.41, 5.74) is 1.25. The van der Waals surface area contributed by atoms with Gasteiger partial charge in [0.25, 0.3) is 0 Å². The van der Waals surface area contributed by atoms with Crippen molar-refractivity contribution < 1.29 is 4.74 Å². The van der Waals surface area contributed by atoms with Gasteiger partial charge < -0.3 is 15.4 Å². The Bertz CT molecular complexity index is 412. The van der Waals surface area contributed by atoms with Gasteiger partial charge in [-0.3, -0.25) is 0 Å². The zero-order chi connectivity index (χ0) is 13.6. The maximum absolute atomic E-state index is 5.40. The van der Waals surface area contributed by atoms with Gasteiger partial charge in [-0.05, 0) is 56.8 Å². The van der Waals surface area contributed by atoms with Crippen molar-refractivity contribution in [3.8, 4) is 0 Å². The van der Waals surface area contributed by atoms with Gasteiger partial charge in [0.2, 0.25) is 0 Å². The number of nitrogens with one attached hydrogen (secondary N) is 2. The number of hydrogen-bond acceptors (Lipinski definition) is 4. The third-order valence-electron chi connectivity index (χ3n) is 4.44. The molecule has 0 aromatic carbocycles. The first-order valence-corrected chi connectivity index (χ1v) is 7.91. The lowest BCUT2D eigenvalue weighted by atomic mass is 9.94. The van der Waals surface area contributed by atoms with Gasteiger partial charge in [0, 0.05) is 31.4 Å². The van der Waals surface area contributed by atoms with Gasteiger partial charge in [-0.15, -0.1) is 0 Å². The summed E-state index contributed by atoms with van der Waals surface area (Å²) in [6.45, 7) is 5.08. The summed E-state index contributed by atoms with van der Waals surface area (Å²) in [7, 11) is 0. The second-order valence-corrected chi connectivity index (χ2v) is 5.91. The van der Waals surface area contributed by atoms with Crippen LogP contribution in [0, 0.1) is 5.92 Å². The van der Waals surface area contributed by atoms with Gasteiger partial charge in [-0.25, -0.2) is 4.98 Å². The summed E-state index contributed by atoms with van der Waals surface area (Å²) in [6, 6.07) is 6.40. The van der Waals surface area contributed by atoms with E-state index >= 15 is 0 Å². The number of aromatic nitrogens is 1. The summed E-state index contributed by atoms with van der Waals surface area (Å²) in [5, 5.41) is 6.92. The van der Waals surface area contributed by atoms with Crippen molar-refractivity contribution >= 4 is 5.82 Å². The molecule has 0 atom stereocenters. The molecule has 1 aromatic heterocycles. The molecule has 1 aromatic rings. The van der Waals surface area contributed by atoms with Crippen LogP contribution >= 0.6 is 0 Å². The number of rotatable bonds is 4. The highest BCUT2D eigenvalue weighted by molar-refractivity contribution is 5.36. The van der Waals surface area contributed by atoms with Gasteiger partial charge >= 0.3 is 0 Å². The molecule has 2 aliphatic heterocycles. The maximum Gasteiger partial charge on any atom is 0.126 e. The molecule has 2 saturated heterocycles. The number of pyridine rings is 1. The molecule has 2 aliphatic rings. The summed E-state index contributed by atoms with van der Waals surface area (Å²) in [4.78, 5) is 4.81. The molecule has 4 heteroatoms. The van der Waals surface area contributed by atoms with Crippen LogP contribution in [-0.4, -0.2) is 37.8 Å². The van der Waals surface area contributed by atoms with Gasteiger partial charge in [0.1, 0.15) is 5.82 Å². The molecule has 0 bridgehead atoms. The molecule has 20 heavy (non-hydrogen) atoms. The van der Waals surface area contributed by atoms with Crippen LogP contribution in [0.3, 0.4) is 0 Å². The molecule has 3 rings (SSSR count). The molecule has 0 saturated carbocycles. The van der Waals surface area contributed by atoms with E-state index in [1.54, 1.807) is 0 Å². The summed E-state index contributed by atoms with van der Waals surface area (Å²) < 4.78 is 5.40. The van der Waals surface area contributed by atoms with E-state index in [2.05, 4.69) is 28.8 Å². The molecule has 110 valence electrons. The Hall–Kier alpha value is -1.13. The lowest BCUT2D eigenvalue weighted by Crippen LogP contribution is -2.27. The van der Waals surface area contributed by atoms with Crippen LogP contribution in [0.5, 0.6) is 0 Å². The number of ether oxygens (including phenoxy) is 1. The Balaban J connectivity index is 1.56. The first-order valence-electron chi connectivity index (χ1n) is 7.91. The minimum absolute atomic E-state index is 0.626. The summed E-state index contributed by atoms with van der Waals surface area (Å²) >= 11 is 0. The van der Waals surface area contributed by atoms with Gasteiger partial charge in [0.05, 0.1) is 0 Å². The fraction of sp³-hybridized carbons (Fsp3) is 0.688. The van der Waals surface area contributed by atoms with E-state index in [9.17, 15) is 0 Å². The molecular weight excluding hydrogens is 250 g/mol. The smallest absolute Gasteiger partial charge is 0.126 e. The monoisotopic (exact) mass is 275 g/mol. The lowest BCUT2D eigenvalue weighted by molar-refractivity contribution is 0.0699. The molecule has 2 fully saturated rings. The number of anilines is 1. The zero-order valence-electron chi connectivity index (χ0n) is 12.1. The van der Waals surface area contributed by atoms with Crippen LogP contribution < -0.4 is 10.6 Å². The first kappa shape index (κ1) is 13.8. The second-order valence-electron chi connectivity index (χ2n) is 5.91. The first-order chi connectivity index (χ1) is 9.92. The highest BCUT2D eigenvalue weighted by atomic mass is 16.5. The van der Waals surface area contributed by atoms with Gasteiger partial charge in [-0.1, -0.05) is 6.07 Å². The van der Waals surface area contributed by atoms with Crippen molar-refractivity contribution in [2.24, 2.45) is 5.92 Å². The van der Waals surface area contributed by atoms with Crippen LogP contribution in [0.1, 0.15) is 37.3 Å². The predicted octanol–water partition coefficient (Wildman–Crippen LogP) is 2.39. The van der Waals surface area contributed by atoms with E-state index in [4.69, 9.17) is 9.72 Å². The highest BCUT2D eigenvalue weighted by Gasteiger charge is 2.17. The Morgan fingerprint density at radius 3 is 2.75 bits per heavy atom. The summed E-state index contributed by atoms with van der Waals surface area (Å²) in [5.74, 6) is 2.39. The fourth-order valence-corrected chi connectivity index (χ4v) is 3.09. The van der Waals surface area contributed by atoms with E-state index in [0.717, 1.165) is 44.6 Å². The quantitative estimate of drug-likeness (QED) is 0.885. The lowest BCUT2D eigenvalue weighted by Gasteiger charge is -2.24. The highest BCUT2D eigenvalue weighted by Crippen LogP contribution is 2.24. The van der Waals surface area contributed by atoms with Crippen molar-refractivity contribution in [3.05, 3.63) is 23.9 Å². The number of nitrogens with zero attached hydrogens (tertiary/aromatic N) is 1. The van der Waals surface area contributed by atoms with Gasteiger partial charge in [-0.2, -0.15) is 0 Å². The van der Waals surface area contributed by atoms with E-state index in [0.29, 0.717) is 5.92 Å². The molecule has 0 amide bonds. The molecule has 4 nitrogen and oxygen atoms in total. The summed E-state index contributed by atoms with van der Waals surface area (Å²) in [6.07, 6.45) is 4.74. The van der Waals surface area contributed by atoms with Crippen molar-refractivity contribution in [3.63, 3.8) is 0 Å². The predicted molar refractivity (Wildman–Crippen MR) is 81.1 cm³/mol. The Morgan fingerprint density at radius 2 is 1.95 bits per heavy atom. The minimum Gasteiger partial charge on any atom is -0.381 e. The molecule has 2 N–H and O–H groups in total. The van der Waals surface area contributed by atoms with E-state index < -0.39 is 0 Å². The number of hydrogen-bond donors (Lipinski definition) is 2. The SMILES string of the molecule is c1cc(NCC2CCOCC2)nc(C2CCNCC2)c1. The number of piperidine rings is 1. The third kappa shape index (κ3) is 3.70. The average molecular weight is 275 g/mol. The molecular formula is C16H25N3O. The van der Waals surface area contributed by atoms with Crippen molar-refractivity contribution in [2.75, 3.05) is 38.2 Å². The molecule has 0 unspecified atom stereocenters. The normalized spacial score (nSPS) is 21.8. The maximum atomic E-state index is 5.40. The topological polar surface area (TPSA) is 46.2 Å². The Labute approximate surface area is 121 Å². The molecule has 0 aliphatic carbocycles. The standard InChI is InChI=1S/C16H25N3O/c1-2-15(14-4-8-17-9-5-14)19-16(3-1)18-12-13-6-10-20-11-7-13/h1-3,13-14,17H,4-12H2,(H,18,19). The largest absolute Gasteiger partial charge is 0.381 e. The Morgan fingerprint density at radius 1 is 1.15 bits per heavy atom. The average Bonchev–Trinajstić information content (AvgIpc) is 2.55. The molecule has 0 radical (unpaired) electrons. The van der Waals surface area contributed by atoms with E-state index in [-0.39, 0.29) is 0 Å². The fourth-order valence-electron chi connectivity index (χ4n) is 3.09. The molecule has 3 heterocycles. The third-order valence-corrected chi connectivity index (χ3v) is 4.44. The van der Waals surface area contributed by atoms with Crippen molar-refractivity contribution in [1.29, 1.82) is 0 Å². The van der Waals surface area contributed by atoms with Crippen LogP contribution in [0.15, 0.2) is 18.2 Å². The van der Waals surface area contributed by atoms with E-state index in [1.165, 1.54) is 31.4 Å². The van der Waals surface area contributed by atoms with Crippen LogP contribution in [-0.2, 0) is 4.74 Å². The second kappa shape index (κ2) is 7.04. The van der Waals surface area contributed by atoms with Crippen LogP contribution in [0.2, 0.25) is 0 Å². The molecule has 0 spiro atoms. The zero-order valence-corrected chi connectivity index (χ0v) is 12.1. The van der Waals surface area contributed by atoms with Crippen LogP contribution in [0.25, 0.3) is 0 Å². The Kier molecular flexibility index (Phi) is 4.87. The van der Waals surface area contributed by atoms with Crippen molar-refractivity contribution in [1.82, 2.24) is 10.3 Å². The van der Waals surface area contributed by atoms with Crippen LogP contribution in [0.4, 0.5) is 5.82 Å². The van der Waals surface area contributed by atoms with E-state index in [1.807, 2.05) is 0 Å². The minimum atomic E-state index is 0.626.